The highest BCUT2D eigenvalue weighted by Gasteiger charge is 2.33. The summed E-state index contributed by atoms with van der Waals surface area (Å²) in [5.41, 5.74) is 1.92. The van der Waals surface area contributed by atoms with Gasteiger partial charge in [-0.2, -0.15) is 0 Å². The molecular formula is C24H28N4O3. The van der Waals surface area contributed by atoms with Gasteiger partial charge in [0.05, 0.1) is 6.54 Å². The van der Waals surface area contributed by atoms with E-state index in [2.05, 4.69) is 16.4 Å². The van der Waals surface area contributed by atoms with Gasteiger partial charge in [0.25, 0.3) is 0 Å². The van der Waals surface area contributed by atoms with Gasteiger partial charge in [0, 0.05) is 56.5 Å². The van der Waals surface area contributed by atoms with E-state index >= 15 is 0 Å². The highest BCUT2D eigenvalue weighted by Crippen LogP contribution is 2.33. The summed E-state index contributed by atoms with van der Waals surface area (Å²) >= 11 is 0. The fraction of sp³-hybridized carbons (Fsp3) is 0.458. The molecule has 7 heteroatoms. The number of nitrogens with zero attached hydrogens (tertiary/aromatic N) is 3. The predicted molar refractivity (Wildman–Crippen MR) is 117 cm³/mol. The Morgan fingerprint density at radius 1 is 1.03 bits per heavy atom. The van der Waals surface area contributed by atoms with Crippen LogP contribution < -0.4 is 10.1 Å². The standard InChI is InChI=1S/C24H28N4O3/c29-23(12-17-3-4-17)27-11-9-22(16-27)31-21-7-5-20(6-8-21)26-24(30)28-14-19(15-28)18-2-1-10-25-13-18/h1-2,5-8,10,13,17,19,22H,3-4,9,11-12,14-16H2,(H,26,30). The number of likely N-dealkylation sites (tertiary alicyclic amines) is 2. The van der Waals surface area contributed by atoms with Crippen molar-refractivity contribution in [2.75, 3.05) is 31.5 Å². The van der Waals surface area contributed by atoms with Gasteiger partial charge in [-0.05, 0) is 54.7 Å². The second-order valence-corrected chi connectivity index (χ2v) is 8.86. The maximum Gasteiger partial charge on any atom is 0.321 e. The van der Waals surface area contributed by atoms with Gasteiger partial charge in [0.15, 0.2) is 0 Å². The summed E-state index contributed by atoms with van der Waals surface area (Å²) < 4.78 is 6.06. The maximum atomic E-state index is 12.4. The Kier molecular flexibility index (Phi) is 5.49. The molecule has 5 rings (SSSR count). The van der Waals surface area contributed by atoms with Crippen LogP contribution in [0.5, 0.6) is 5.75 Å². The minimum atomic E-state index is -0.0885. The topological polar surface area (TPSA) is 74.8 Å². The Morgan fingerprint density at radius 3 is 2.55 bits per heavy atom. The van der Waals surface area contributed by atoms with Crippen LogP contribution in [-0.4, -0.2) is 59.0 Å². The van der Waals surface area contributed by atoms with Gasteiger partial charge in [-0.3, -0.25) is 9.78 Å². The summed E-state index contributed by atoms with van der Waals surface area (Å²) in [7, 11) is 0. The van der Waals surface area contributed by atoms with E-state index < -0.39 is 0 Å². The van der Waals surface area contributed by atoms with E-state index in [1.807, 2.05) is 41.4 Å². The number of nitrogens with one attached hydrogen (secondary N) is 1. The van der Waals surface area contributed by atoms with Crippen LogP contribution in [0, 0.1) is 5.92 Å². The summed E-state index contributed by atoms with van der Waals surface area (Å²) in [4.78, 5) is 32.6. The molecule has 1 aromatic carbocycles. The van der Waals surface area contributed by atoms with Crippen LogP contribution in [0.2, 0.25) is 0 Å². The van der Waals surface area contributed by atoms with Gasteiger partial charge in [0.2, 0.25) is 5.91 Å². The molecule has 2 aliphatic heterocycles. The second kappa shape index (κ2) is 8.57. The number of hydrogen-bond acceptors (Lipinski definition) is 4. The molecule has 162 valence electrons. The number of carbonyl (C=O) groups is 2. The summed E-state index contributed by atoms with van der Waals surface area (Å²) in [6.45, 7) is 2.85. The van der Waals surface area contributed by atoms with E-state index in [1.165, 1.54) is 18.4 Å². The first-order valence-electron chi connectivity index (χ1n) is 11.1. The molecule has 1 unspecified atom stereocenters. The van der Waals surface area contributed by atoms with Crippen LogP contribution in [0.25, 0.3) is 0 Å². The Balaban J connectivity index is 1.07. The molecule has 3 aliphatic rings. The minimum Gasteiger partial charge on any atom is -0.489 e. The molecule has 1 atom stereocenters. The molecule has 0 bridgehead atoms. The fourth-order valence-electron chi connectivity index (χ4n) is 4.23. The molecule has 7 nitrogen and oxygen atoms in total. The van der Waals surface area contributed by atoms with Crippen LogP contribution in [0.15, 0.2) is 48.8 Å². The van der Waals surface area contributed by atoms with Crippen LogP contribution in [-0.2, 0) is 4.79 Å². The number of ether oxygens (including phenoxy) is 1. The van der Waals surface area contributed by atoms with Crippen molar-refractivity contribution >= 4 is 17.6 Å². The average molecular weight is 421 g/mol. The first-order chi connectivity index (χ1) is 15.1. The van der Waals surface area contributed by atoms with E-state index in [0.29, 0.717) is 37.9 Å². The number of aromatic nitrogens is 1. The molecule has 1 aromatic heterocycles. The third-order valence-electron chi connectivity index (χ3n) is 6.39. The van der Waals surface area contributed by atoms with E-state index in [9.17, 15) is 9.59 Å². The zero-order chi connectivity index (χ0) is 21.2. The Labute approximate surface area is 182 Å². The lowest BCUT2D eigenvalue weighted by atomic mass is 9.93. The molecule has 2 saturated heterocycles. The zero-order valence-corrected chi connectivity index (χ0v) is 17.6. The molecule has 1 N–H and O–H groups in total. The molecule has 1 saturated carbocycles. The average Bonchev–Trinajstić information content (AvgIpc) is 3.43. The van der Waals surface area contributed by atoms with E-state index in [0.717, 1.165) is 24.4 Å². The van der Waals surface area contributed by atoms with Gasteiger partial charge in [-0.1, -0.05) is 6.07 Å². The maximum absolute atomic E-state index is 12.4. The molecule has 3 heterocycles. The molecule has 3 amide bonds. The molecular weight excluding hydrogens is 392 g/mol. The van der Waals surface area contributed by atoms with Gasteiger partial charge >= 0.3 is 6.03 Å². The second-order valence-electron chi connectivity index (χ2n) is 8.86. The number of benzene rings is 1. The van der Waals surface area contributed by atoms with Crippen LogP contribution in [0.1, 0.15) is 37.2 Å². The predicted octanol–water partition coefficient (Wildman–Crippen LogP) is 3.49. The lowest BCUT2D eigenvalue weighted by Crippen LogP contribution is -2.50. The number of hydrogen-bond donors (Lipinski definition) is 1. The monoisotopic (exact) mass is 420 g/mol. The largest absolute Gasteiger partial charge is 0.489 e. The third-order valence-corrected chi connectivity index (χ3v) is 6.39. The highest BCUT2D eigenvalue weighted by atomic mass is 16.5. The van der Waals surface area contributed by atoms with Crippen molar-refractivity contribution in [3.05, 3.63) is 54.4 Å². The minimum absolute atomic E-state index is 0.0362. The molecule has 0 spiro atoms. The Hall–Kier alpha value is -3.09. The van der Waals surface area contributed by atoms with Crippen molar-refractivity contribution in [2.45, 2.75) is 37.7 Å². The van der Waals surface area contributed by atoms with Gasteiger partial charge in [-0.15, -0.1) is 0 Å². The SMILES string of the molecule is O=C(CC1CC1)N1CCC(Oc2ccc(NC(=O)N3CC(c4cccnc4)C3)cc2)C1. The Morgan fingerprint density at radius 2 is 1.84 bits per heavy atom. The lowest BCUT2D eigenvalue weighted by Gasteiger charge is -2.39. The summed E-state index contributed by atoms with van der Waals surface area (Å²) in [5, 5.41) is 2.95. The van der Waals surface area contributed by atoms with Crippen molar-refractivity contribution in [3.8, 4) is 5.75 Å². The van der Waals surface area contributed by atoms with E-state index in [1.54, 1.807) is 11.1 Å². The van der Waals surface area contributed by atoms with Gasteiger partial charge in [-0.25, -0.2) is 4.79 Å². The fourth-order valence-corrected chi connectivity index (χ4v) is 4.23. The third kappa shape index (κ3) is 4.81. The summed E-state index contributed by atoms with van der Waals surface area (Å²) in [6, 6.07) is 11.4. The molecule has 2 aromatic rings. The first-order valence-corrected chi connectivity index (χ1v) is 11.1. The van der Waals surface area contributed by atoms with Gasteiger partial charge < -0.3 is 19.9 Å². The van der Waals surface area contributed by atoms with Crippen LogP contribution in [0.4, 0.5) is 10.5 Å². The number of urea groups is 1. The first kappa shape index (κ1) is 19.8. The Bertz CT molecular complexity index is 924. The van der Waals surface area contributed by atoms with Crippen LogP contribution >= 0.6 is 0 Å². The van der Waals surface area contributed by atoms with E-state index in [4.69, 9.17) is 4.74 Å². The van der Waals surface area contributed by atoms with Crippen molar-refractivity contribution in [2.24, 2.45) is 5.92 Å². The van der Waals surface area contributed by atoms with Crippen molar-refractivity contribution < 1.29 is 14.3 Å². The summed E-state index contributed by atoms with van der Waals surface area (Å²) in [5.74, 6) is 2.01. The molecule has 1 aliphatic carbocycles. The van der Waals surface area contributed by atoms with Crippen LogP contribution in [0.3, 0.4) is 0 Å². The molecule has 0 radical (unpaired) electrons. The smallest absolute Gasteiger partial charge is 0.321 e. The number of amides is 3. The number of carbonyl (C=O) groups excluding carboxylic acids is 2. The molecule has 31 heavy (non-hydrogen) atoms. The van der Waals surface area contributed by atoms with Gasteiger partial charge in [0.1, 0.15) is 11.9 Å². The number of rotatable bonds is 6. The highest BCUT2D eigenvalue weighted by molar-refractivity contribution is 5.90. The summed E-state index contributed by atoms with van der Waals surface area (Å²) in [6.07, 6.45) is 7.62. The quantitative estimate of drug-likeness (QED) is 0.776. The van der Waals surface area contributed by atoms with Crippen molar-refractivity contribution in [1.29, 1.82) is 0 Å². The normalized spacial score (nSPS) is 21.0. The van der Waals surface area contributed by atoms with Crippen molar-refractivity contribution in [3.63, 3.8) is 0 Å². The number of pyridine rings is 1. The van der Waals surface area contributed by atoms with Crippen molar-refractivity contribution in [1.82, 2.24) is 14.8 Å². The van der Waals surface area contributed by atoms with E-state index in [-0.39, 0.29) is 18.0 Å². The number of anilines is 1. The zero-order valence-electron chi connectivity index (χ0n) is 17.6. The lowest BCUT2D eigenvalue weighted by molar-refractivity contribution is -0.130. The molecule has 3 fully saturated rings.